The summed E-state index contributed by atoms with van der Waals surface area (Å²) in [5, 5.41) is 0. The molecule has 1 fully saturated rings. The second kappa shape index (κ2) is 8.75. The summed E-state index contributed by atoms with van der Waals surface area (Å²) < 4.78 is 27.3. The van der Waals surface area contributed by atoms with Gasteiger partial charge in [-0.25, -0.2) is 13.1 Å². The van der Waals surface area contributed by atoms with Gasteiger partial charge in [-0.2, -0.15) is 0 Å². The van der Waals surface area contributed by atoms with Crippen molar-refractivity contribution in [1.82, 2.24) is 9.62 Å². The highest BCUT2D eigenvalue weighted by atomic mass is 32.2. The highest BCUT2D eigenvalue weighted by Crippen LogP contribution is 2.18. The largest absolute Gasteiger partial charge is 0.368 e. The number of anilines is 1. The van der Waals surface area contributed by atoms with Gasteiger partial charge in [-0.05, 0) is 49.7 Å². The number of sulfonamides is 1. The molecule has 28 heavy (non-hydrogen) atoms. The maximum atomic E-state index is 12.8. The van der Waals surface area contributed by atoms with Crippen molar-refractivity contribution in [3.63, 3.8) is 0 Å². The number of carbonyl (C=O) groups excluding carboxylic acids is 1. The summed E-state index contributed by atoms with van der Waals surface area (Å²) in [6, 6.07) is 16.2. The average molecular weight is 402 g/mol. The van der Waals surface area contributed by atoms with Crippen LogP contribution in [0.1, 0.15) is 30.6 Å². The number of hydrogen-bond donors (Lipinski definition) is 1. The highest BCUT2D eigenvalue weighted by Gasteiger charge is 2.23. The van der Waals surface area contributed by atoms with Gasteiger partial charge in [0.2, 0.25) is 10.0 Å². The van der Waals surface area contributed by atoms with E-state index in [2.05, 4.69) is 21.8 Å². The molecule has 0 aromatic heterocycles. The van der Waals surface area contributed by atoms with Gasteiger partial charge in [-0.3, -0.25) is 4.79 Å². The van der Waals surface area contributed by atoms with Crippen molar-refractivity contribution in [2.45, 2.75) is 31.2 Å². The van der Waals surface area contributed by atoms with Gasteiger partial charge in [0.05, 0.1) is 4.90 Å². The molecule has 1 amide bonds. The van der Waals surface area contributed by atoms with Crippen LogP contribution in [-0.4, -0.2) is 51.4 Å². The Morgan fingerprint density at radius 1 is 1.00 bits per heavy atom. The van der Waals surface area contributed by atoms with E-state index in [-0.39, 0.29) is 16.8 Å². The summed E-state index contributed by atoms with van der Waals surface area (Å²) in [4.78, 5) is 17.0. The first-order chi connectivity index (χ1) is 13.4. The number of amides is 1. The lowest BCUT2D eigenvalue weighted by atomic mass is 10.1. The number of para-hydroxylation sites is 1. The molecule has 0 spiro atoms. The number of carbonyl (C=O) groups is 1. The Morgan fingerprint density at radius 2 is 1.61 bits per heavy atom. The van der Waals surface area contributed by atoms with E-state index in [1.165, 1.54) is 12.1 Å². The number of nitrogens with one attached hydrogen (secondary N) is 1. The quantitative estimate of drug-likeness (QED) is 0.808. The Balaban J connectivity index is 1.62. The van der Waals surface area contributed by atoms with E-state index >= 15 is 0 Å². The summed E-state index contributed by atoms with van der Waals surface area (Å²) in [6.45, 7) is 6.59. The van der Waals surface area contributed by atoms with E-state index in [9.17, 15) is 13.2 Å². The van der Waals surface area contributed by atoms with Crippen LogP contribution < -0.4 is 9.62 Å². The molecular weight excluding hydrogens is 374 g/mol. The maximum Gasteiger partial charge on any atom is 0.253 e. The molecule has 0 radical (unpaired) electrons. The molecule has 1 saturated heterocycles. The first kappa shape index (κ1) is 20.4. The van der Waals surface area contributed by atoms with E-state index in [0.717, 1.165) is 18.8 Å². The molecule has 1 heterocycles. The van der Waals surface area contributed by atoms with Crippen molar-refractivity contribution < 1.29 is 13.2 Å². The van der Waals surface area contributed by atoms with Crippen molar-refractivity contribution in [2.24, 2.45) is 0 Å². The Kier molecular flexibility index (Phi) is 6.36. The predicted octanol–water partition coefficient (Wildman–Crippen LogP) is 2.73. The van der Waals surface area contributed by atoms with Crippen LogP contribution in [0.2, 0.25) is 0 Å². The third kappa shape index (κ3) is 4.72. The van der Waals surface area contributed by atoms with Gasteiger partial charge < -0.3 is 9.80 Å². The zero-order valence-corrected chi connectivity index (χ0v) is 17.2. The molecule has 0 unspecified atom stereocenters. The minimum absolute atomic E-state index is 0.0634. The zero-order valence-electron chi connectivity index (χ0n) is 16.3. The van der Waals surface area contributed by atoms with Gasteiger partial charge in [0.25, 0.3) is 5.91 Å². The zero-order chi connectivity index (χ0) is 20.1. The molecule has 0 bridgehead atoms. The van der Waals surface area contributed by atoms with Crippen molar-refractivity contribution in [2.75, 3.05) is 31.1 Å². The van der Waals surface area contributed by atoms with Crippen LogP contribution in [0.3, 0.4) is 0 Å². The first-order valence-electron chi connectivity index (χ1n) is 9.62. The third-order valence-electron chi connectivity index (χ3n) is 5.07. The Bertz CT molecular complexity index is 890. The standard InChI is InChI=1S/C21H27N3O3S/c1-3-17(2)22-28(26,27)20-11-9-18(10-12-20)21(25)24-15-13-23(14-16-24)19-7-5-4-6-8-19/h4-12,17,22H,3,13-16H2,1-2H3/t17-/m1/s1. The normalized spacial score (nSPS) is 16.1. The minimum Gasteiger partial charge on any atom is -0.368 e. The fraction of sp³-hybridized carbons (Fsp3) is 0.381. The summed E-state index contributed by atoms with van der Waals surface area (Å²) in [6.07, 6.45) is 0.713. The smallest absolute Gasteiger partial charge is 0.253 e. The van der Waals surface area contributed by atoms with E-state index < -0.39 is 10.0 Å². The van der Waals surface area contributed by atoms with Crippen molar-refractivity contribution in [3.05, 3.63) is 60.2 Å². The summed E-state index contributed by atoms with van der Waals surface area (Å²) in [5.41, 5.74) is 1.67. The SMILES string of the molecule is CC[C@@H](C)NS(=O)(=O)c1ccc(C(=O)N2CCN(c3ccccc3)CC2)cc1. The van der Waals surface area contributed by atoms with Crippen LogP contribution in [0.4, 0.5) is 5.69 Å². The lowest BCUT2D eigenvalue weighted by Gasteiger charge is -2.36. The monoisotopic (exact) mass is 401 g/mol. The Morgan fingerprint density at radius 3 is 2.18 bits per heavy atom. The number of hydrogen-bond acceptors (Lipinski definition) is 4. The van der Waals surface area contributed by atoms with Gasteiger partial charge in [-0.1, -0.05) is 25.1 Å². The molecule has 1 atom stereocenters. The molecule has 3 rings (SSSR count). The van der Waals surface area contributed by atoms with Gasteiger partial charge in [0, 0.05) is 43.5 Å². The van der Waals surface area contributed by atoms with E-state index in [4.69, 9.17) is 0 Å². The molecule has 6 nitrogen and oxygen atoms in total. The van der Waals surface area contributed by atoms with Crippen LogP contribution in [0.5, 0.6) is 0 Å². The fourth-order valence-corrected chi connectivity index (χ4v) is 4.51. The minimum atomic E-state index is -3.56. The average Bonchev–Trinajstić information content (AvgIpc) is 2.73. The van der Waals surface area contributed by atoms with Gasteiger partial charge in [0.1, 0.15) is 0 Å². The van der Waals surface area contributed by atoms with E-state index in [1.54, 1.807) is 12.1 Å². The van der Waals surface area contributed by atoms with E-state index in [1.807, 2.05) is 36.9 Å². The van der Waals surface area contributed by atoms with Gasteiger partial charge >= 0.3 is 0 Å². The van der Waals surface area contributed by atoms with Crippen molar-refractivity contribution in [3.8, 4) is 0 Å². The van der Waals surface area contributed by atoms with Crippen molar-refractivity contribution in [1.29, 1.82) is 0 Å². The maximum absolute atomic E-state index is 12.8. The Labute approximate surface area is 167 Å². The summed E-state index contributed by atoms with van der Waals surface area (Å²) >= 11 is 0. The second-order valence-electron chi connectivity index (χ2n) is 7.07. The van der Waals surface area contributed by atoms with Crippen LogP contribution in [-0.2, 0) is 10.0 Å². The summed E-state index contributed by atoms with van der Waals surface area (Å²) in [7, 11) is -3.56. The van der Waals surface area contributed by atoms with Crippen LogP contribution in [0.25, 0.3) is 0 Å². The highest BCUT2D eigenvalue weighted by molar-refractivity contribution is 7.89. The van der Waals surface area contributed by atoms with Crippen LogP contribution in [0, 0.1) is 0 Å². The number of nitrogens with zero attached hydrogens (tertiary/aromatic N) is 2. The van der Waals surface area contributed by atoms with Gasteiger partial charge in [0.15, 0.2) is 0 Å². The molecule has 0 aliphatic carbocycles. The first-order valence-corrected chi connectivity index (χ1v) is 11.1. The lowest BCUT2D eigenvalue weighted by molar-refractivity contribution is 0.0746. The summed E-state index contributed by atoms with van der Waals surface area (Å²) in [5.74, 6) is -0.0634. The van der Waals surface area contributed by atoms with Crippen molar-refractivity contribution >= 4 is 21.6 Å². The molecule has 1 aliphatic heterocycles. The molecular formula is C21H27N3O3S. The number of benzene rings is 2. The predicted molar refractivity (Wildman–Crippen MR) is 111 cm³/mol. The molecule has 150 valence electrons. The number of rotatable bonds is 6. The molecule has 2 aromatic carbocycles. The second-order valence-corrected chi connectivity index (χ2v) is 8.78. The molecule has 1 N–H and O–H groups in total. The molecule has 0 saturated carbocycles. The lowest BCUT2D eigenvalue weighted by Crippen LogP contribution is -2.48. The third-order valence-corrected chi connectivity index (χ3v) is 6.67. The van der Waals surface area contributed by atoms with Gasteiger partial charge in [-0.15, -0.1) is 0 Å². The number of piperazine rings is 1. The van der Waals surface area contributed by atoms with Crippen LogP contribution >= 0.6 is 0 Å². The van der Waals surface area contributed by atoms with Crippen LogP contribution in [0.15, 0.2) is 59.5 Å². The topological polar surface area (TPSA) is 69.7 Å². The molecule has 2 aromatic rings. The van der Waals surface area contributed by atoms with E-state index in [0.29, 0.717) is 25.1 Å². The molecule has 7 heteroatoms. The fourth-order valence-electron chi connectivity index (χ4n) is 3.18. The molecule has 1 aliphatic rings. The Hall–Kier alpha value is -2.38.